The van der Waals surface area contributed by atoms with Gasteiger partial charge in [-0.3, -0.25) is 28.8 Å². The molecule has 0 unspecified atom stereocenters. The molecule has 12 N–H and O–H groups in total. The highest BCUT2D eigenvalue weighted by Gasteiger charge is 2.33. The Kier molecular flexibility index (Phi) is 17.0. The summed E-state index contributed by atoms with van der Waals surface area (Å²) in [6.07, 6.45) is -1.57. The first-order valence-corrected chi connectivity index (χ1v) is 15.2. The van der Waals surface area contributed by atoms with Crippen molar-refractivity contribution in [2.24, 2.45) is 11.7 Å². The lowest BCUT2D eigenvalue weighted by Gasteiger charge is -2.26. The first-order valence-electron chi connectivity index (χ1n) is 15.2. The Morgan fingerprint density at radius 2 is 1.31 bits per heavy atom. The number of carbonyl (C=O) groups excluding carboxylic acids is 6. The van der Waals surface area contributed by atoms with Gasteiger partial charge in [0.15, 0.2) is 0 Å². The third-order valence-corrected chi connectivity index (χ3v) is 6.82. The molecule has 0 heterocycles. The van der Waals surface area contributed by atoms with Crippen molar-refractivity contribution >= 4 is 41.4 Å². The van der Waals surface area contributed by atoms with Gasteiger partial charge in [-0.15, -0.1) is 0 Å². The number of nitrogens with one attached hydrogen (secondary N) is 6. The molecule has 18 nitrogen and oxygen atoms in total. The maximum absolute atomic E-state index is 13.4. The first-order chi connectivity index (χ1) is 22.4. The zero-order valence-corrected chi connectivity index (χ0v) is 27.5. The fourth-order valence-corrected chi connectivity index (χ4v) is 4.13. The Labute approximate surface area is 277 Å². The molecule has 1 aromatic rings. The van der Waals surface area contributed by atoms with Crippen molar-refractivity contribution in [3.05, 3.63) is 29.8 Å². The average Bonchev–Trinajstić information content (AvgIpc) is 3.00. The fourth-order valence-electron chi connectivity index (χ4n) is 4.13. The molecule has 0 aliphatic rings. The lowest BCUT2D eigenvalue weighted by molar-refractivity contribution is -0.143. The smallest absolute Gasteiger partial charge is 0.326 e. The molecular weight excluding hydrogens is 634 g/mol. The number of carboxylic acid groups (broad SMARTS) is 1. The van der Waals surface area contributed by atoms with Crippen LogP contribution in [0.3, 0.4) is 0 Å². The zero-order valence-electron chi connectivity index (χ0n) is 27.5. The van der Waals surface area contributed by atoms with E-state index >= 15 is 0 Å². The van der Waals surface area contributed by atoms with Crippen LogP contribution < -0.4 is 37.6 Å². The second-order valence-corrected chi connectivity index (χ2v) is 11.7. The quantitative estimate of drug-likeness (QED) is 0.0674. The number of carboxylic acids is 1. The maximum atomic E-state index is 13.4. The van der Waals surface area contributed by atoms with Crippen LogP contribution in [0.25, 0.3) is 0 Å². The van der Waals surface area contributed by atoms with Gasteiger partial charge in [-0.1, -0.05) is 26.0 Å². The summed E-state index contributed by atoms with van der Waals surface area (Å²) in [5.74, 6) is -6.70. The minimum atomic E-state index is -1.61. The highest BCUT2D eigenvalue weighted by Crippen LogP contribution is 2.12. The molecule has 0 aliphatic carbocycles. The van der Waals surface area contributed by atoms with Crippen LogP contribution in [0, 0.1) is 5.92 Å². The molecular formula is C30H47N7O11. The second-order valence-electron chi connectivity index (χ2n) is 11.7. The van der Waals surface area contributed by atoms with Crippen molar-refractivity contribution in [3.63, 3.8) is 0 Å². The Balaban J connectivity index is 3.03. The largest absolute Gasteiger partial charge is 0.508 e. The van der Waals surface area contributed by atoms with Crippen LogP contribution in [0.1, 0.15) is 46.6 Å². The normalized spacial score (nSPS) is 15.4. The van der Waals surface area contributed by atoms with Crippen LogP contribution in [0.4, 0.5) is 0 Å². The summed E-state index contributed by atoms with van der Waals surface area (Å²) >= 11 is 0. The van der Waals surface area contributed by atoms with Gasteiger partial charge in [0.05, 0.1) is 25.3 Å². The molecule has 7 atom stereocenters. The minimum Gasteiger partial charge on any atom is -0.508 e. The summed E-state index contributed by atoms with van der Waals surface area (Å²) in [7, 11) is 0. The molecule has 268 valence electrons. The Morgan fingerprint density at radius 3 is 1.81 bits per heavy atom. The number of hydrogen-bond acceptors (Lipinski definition) is 11. The van der Waals surface area contributed by atoms with Crippen molar-refractivity contribution < 1.29 is 54.0 Å². The van der Waals surface area contributed by atoms with Gasteiger partial charge in [0.2, 0.25) is 35.4 Å². The lowest BCUT2D eigenvalue weighted by atomic mass is 10.0. The van der Waals surface area contributed by atoms with E-state index in [1.807, 2.05) is 0 Å². The van der Waals surface area contributed by atoms with E-state index in [-0.39, 0.29) is 24.5 Å². The summed E-state index contributed by atoms with van der Waals surface area (Å²) < 4.78 is 0. The SMILES string of the molecule is CC(C)C[C@H](NC(=O)[C@@H](NC(=O)[C@H](Cc1ccc(O)cc1)NC(=O)CNC(=O)[C@H](CO)NC(=O)[C@H](C)NC(=O)[C@H](C)N)[C@@H](C)O)C(=O)O. The van der Waals surface area contributed by atoms with Crippen molar-refractivity contribution in [2.75, 3.05) is 13.2 Å². The predicted octanol–water partition coefficient (Wildman–Crippen LogP) is -3.65. The van der Waals surface area contributed by atoms with Crippen molar-refractivity contribution in [2.45, 2.75) is 89.8 Å². The summed E-state index contributed by atoms with van der Waals surface area (Å²) in [5, 5.41) is 52.8. The van der Waals surface area contributed by atoms with Crippen LogP contribution in [0.15, 0.2) is 24.3 Å². The lowest BCUT2D eigenvalue weighted by Crippen LogP contribution is -2.60. The maximum Gasteiger partial charge on any atom is 0.326 e. The first kappa shape index (κ1) is 41.2. The molecule has 0 aliphatic heterocycles. The molecule has 0 spiro atoms. The number of aliphatic carboxylic acids is 1. The number of benzene rings is 1. The molecule has 48 heavy (non-hydrogen) atoms. The number of carbonyl (C=O) groups is 7. The number of amides is 6. The number of phenols is 1. The summed E-state index contributed by atoms with van der Waals surface area (Å²) in [5.41, 5.74) is 5.92. The second kappa shape index (κ2) is 19.8. The van der Waals surface area contributed by atoms with Crippen LogP contribution in [-0.4, -0.2) is 117 Å². The molecule has 0 radical (unpaired) electrons. The van der Waals surface area contributed by atoms with Crippen molar-refractivity contribution in [1.82, 2.24) is 31.9 Å². The van der Waals surface area contributed by atoms with Gasteiger partial charge in [-0.25, -0.2) is 4.79 Å². The van der Waals surface area contributed by atoms with Gasteiger partial charge >= 0.3 is 5.97 Å². The van der Waals surface area contributed by atoms with E-state index < -0.39 is 96.9 Å². The van der Waals surface area contributed by atoms with Gasteiger partial charge < -0.3 is 58.1 Å². The predicted molar refractivity (Wildman–Crippen MR) is 170 cm³/mol. The highest BCUT2D eigenvalue weighted by molar-refractivity contribution is 5.96. The van der Waals surface area contributed by atoms with Crippen molar-refractivity contribution in [3.8, 4) is 5.75 Å². The number of rotatable bonds is 19. The molecule has 18 heteroatoms. The van der Waals surface area contributed by atoms with Crippen LogP contribution in [0.5, 0.6) is 5.75 Å². The number of hydrogen-bond donors (Lipinski definition) is 11. The number of aromatic hydroxyl groups is 1. The molecule has 1 aromatic carbocycles. The molecule has 1 rings (SSSR count). The van der Waals surface area contributed by atoms with E-state index in [9.17, 15) is 54.0 Å². The molecule has 0 saturated carbocycles. The molecule has 0 fully saturated rings. The Hall–Kier alpha value is -4.81. The minimum absolute atomic E-state index is 0.0667. The summed E-state index contributed by atoms with van der Waals surface area (Å²) in [4.78, 5) is 87.5. The van der Waals surface area contributed by atoms with Crippen LogP contribution in [-0.2, 0) is 40.0 Å². The van der Waals surface area contributed by atoms with E-state index in [4.69, 9.17) is 5.73 Å². The van der Waals surface area contributed by atoms with Gasteiger partial charge in [-0.2, -0.15) is 0 Å². The summed E-state index contributed by atoms with van der Waals surface area (Å²) in [6.45, 7) is 5.86. The van der Waals surface area contributed by atoms with Crippen LogP contribution >= 0.6 is 0 Å². The van der Waals surface area contributed by atoms with E-state index in [1.54, 1.807) is 13.8 Å². The monoisotopic (exact) mass is 681 g/mol. The van der Waals surface area contributed by atoms with Crippen molar-refractivity contribution in [1.29, 1.82) is 0 Å². The van der Waals surface area contributed by atoms with Gasteiger partial charge in [0.1, 0.15) is 36.0 Å². The van der Waals surface area contributed by atoms with Gasteiger partial charge in [0, 0.05) is 6.42 Å². The Morgan fingerprint density at radius 1 is 0.729 bits per heavy atom. The standard InChI is InChI=1S/C30H47N7O11/c1-14(2)10-21(30(47)48)35-29(46)24(17(5)39)37-28(45)20(11-18-6-8-19(40)9-7-18)34-23(41)12-32-27(44)22(13-38)36-26(43)16(4)33-25(42)15(3)31/h6-9,14-17,20-22,24,38-40H,10-13,31H2,1-5H3,(H,32,44)(H,33,42)(H,34,41)(H,35,46)(H,36,43)(H,37,45)(H,47,48)/t15-,16-,17+,20-,21-,22-,24-/m0/s1. The van der Waals surface area contributed by atoms with Gasteiger partial charge in [-0.05, 0) is 50.8 Å². The third-order valence-electron chi connectivity index (χ3n) is 6.82. The van der Waals surface area contributed by atoms with E-state index in [1.165, 1.54) is 45.0 Å². The highest BCUT2D eigenvalue weighted by atomic mass is 16.4. The van der Waals surface area contributed by atoms with E-state index in [0.717, 1.165) is 0 Å². The number of aliphatic hydroxyl groups is 2. The number of aliphatic hydroxyl groups excluding tert-OH is 2. The third kappa shape index (κ3) is 14.3. The molecule has 0 saturated heterocycles. The Bertz CT molecular complexity index is 1290. The molecule has 6 amide bonds. The average molecular weight is 682 g/mol. The molecule has 0 aromatic heterocycles. The molecule has 0 bridgehead atoms. The van der Waals surface area contributed by atoms with E-state index in [0.29, 0.717) is 5.56 Å². The summed E-state index contributed by atoms with van der Waals surface area (Å²) in [6, 6.07) is -2.20. The zero-order chi connectivity index (χ0) is 36.7. The topological polar surface area (TPSA) is 299 Å². The van der Waals surface area contributed by atoms with Crippen LogP contribution in [0.2, 0.25) is 0 Å². The fraction of sp³-hybridized carbons (Fsp3) is 0.567. The van der Waals surface area contributed by atoms with Gasteiger partial charge in [0.25, 0.3) is 0 Å². The van der Waals surface area contributed by atoms with E-state index in [2.05, 4.69) is 31.9 Å². The number of nitrogens with two attached hydrogens (primary N) is 1. The number of phenolic OH excluding ortho intramolecular Hbond substituents is 1.